The summed E-state index contributed by atoms with van der Waals surface area (Å²) >= 11 is 0. The molecule has 1 saturated heterocycles. The summed E-state index contributed by atoms with van der Waals surface area (Å²) in [5.41, 5.74) is 4.14. The molecular formula is C26H25N3O3. The second-order valence-corrected chi connectivity index (χ2v) is 8.03. The van der Waals surface area contributed by atoms with Gasteiger partial charge in [-0.05, 0) is 55.3 Å². The number of hydrogen-bond acceptors (Lipinski definition) is 5. The van der Waals surface area contributed by atoms with Crippen molar-refractivity contribution in [1.29, 1.82) is 0 Å². The van der Waals surface area contributed by atoms with Crippen LogP contribution in [0.15, 0.2) is 77.3 Å². The number of fused-ring (bicyclic) bond motifs is 1. The Hall–Kier alpha value is -3.64. The molecule has 0 radical (unpaired) electrons. The molecule has 1 aliphatic rings. The van der Waals surface area contributed by atoms with Crippen LogP contribution in [0.4, 0.5) is 11.4 Å². The van der Waals surface area contributed by atoms with E-state index in [9.17, 15) is 4.79 Å². The van der Waals surface area contributed by atoms with Gasteiger partial charge in [-0.15, -0.1) is 0 Å². The number of rotatable bonds is 5. The molecule has 1 amide bonds. The SMILES string of the molecule is COC1CCN(c2ccc(NC(=O)c3ccc4noc(-c5ccccc5)c4c3)cc2)CC1. The molecule has 1 aliphatic heterocycles. The number of hydrogen-bond donors (Lipinski definition) is 1. The fourth-order valence-electron chi connectivity index (χ4n) is 4.19. The monoisotopic (exact) mass is 427 g/mol. The van der Waals surface area contributed by atoms with E-state index in [-0.39, 0.29) is 5.91 Å². The molecule has 4 aromatic rings. The third-order valence-electron chi connectivity index (χ3n) is 6.04. The number of nitrogens with one attached hydrogen (secondary N) is 1. The quantitative estimate of drug-likeness (QED) is 0.464. The summed E-state index contributed by atoms with van der Waals surface area (Å²) in [5.74, 6) is 0.498. The number of anilines is 2. The molecule has 1 fully saturated rings. The van der Waals surface area contributed by atoms with Crippen LogP contribution in [-0.4, -0.2) is 37.4 Å². The molecule has 162 valence electrons. The zero-order valence-electron chi connectivity index (χ0n) is 18.0. The number of benzene rings is 3. The Labute approximate surface area is 186 Å². The van der Waals surface area contributed by atoms with E-state index in [0.29, 0.717) is 17.4 Å². The Bertz CT molecular complexity index is 1210. The standard InChI is InChI=1S/C26H25N3O3/c1-31-22-13-15-29(16-14-22)21-10-8-20(9-11-21)27-26(30)19-7-12-24-23(17-19)25(32-28-24)18-5-3-2-4-6-18/h2-12,17,22H,13-16H2,1H3,(H,27,30). The van der Waals surface area contributed by atoms with E-state index in [2.05, 4.69) is 27.5 Å². The van der Waals surface area contributed by atoms with Gasteiger partial charge in [0.05, 0.1) is 11.5 Å². The smallest absolute Gasteiger partial charge is 0.255 e. The van der Waals surface area contributed by atoms with Crippen molar-refractivity contribution in [2.24, 2.45) is 0 Å². The van der Waals surface area contributed by atoms with Gasteiger partial charge in [-0.25, -0.2) is 0 Å². The van der Waals surface area contributed by atoms with Crippen LogP contribution in [-0.2, 0) is 4.74 Å². The number of methoxy groups -OCH3 is 1. The predicted octanol–water partition coefficient (Wildman–Crippen LogP) is 5.36. The lowest BCUT2D eigenvalue weighted by molar-refractivity contribution is 0.0819. The molecule has 0 unspecified atom stereocenters. The van der Waals surface area contributed by atoms with Crippen molar-refractivity contribution in [1.82, 2.24) is 5.16 Å². The third kappa shape index (κ3) is 4.09. The fourth-order valence-corrected chi connectivity index (χ4v) is 4.19. The van der Waals surface area contributed by atoms with Crippen LogP contribution < -0.4 is 10.2 Å². The van der Waals surface area contributed by atoms with E-state index < -0.39 is 0 Å². The number of nitrogens with zero attached hydrogens (tertiary/aromatic N) is 2. The molecule has 3 aromatic carbocycles. The van der Waals surface area contributed by atoms with Crippen LogP contribution in [0, 0.1) is 0 Å². The van der Waals surface area contributed by atoms with Crippen LogP contribution in [0.3, 0.4) is 0 Å². The summed E-state index contributed by atoms with van der Waals surface area (Å²) in [7, 11) is 1.78. The lowest BCUT2D eigenvalue weighted by Crippen LogP contribution is -2.36. The number of ether oxygens (including phenoxy) is 1. The van der Waals surface area contributed by atoms with Gasteiger partial charge >= 0.3 is 0 Å². The van der Waals surface area contributed by atoms with Gasteiger partial charge in [0, 0.05) is 42.7 Å². The molecule has 5 rings (SSSR count). The lowest BCUT2D eigenvalue weighted by atomic mass is 10.1. The van der Waals surface area contributed by atoms with E-state index in [1.807, 2.05) is 54.6 Å². The maximum Gasteiger partial charge on any atom is 0.255 e. The van der Waals surface area contributed by atoms with Crippen LogP contribution in [0.5, 0.6) is 0 Å². The highest BCUT2D eigenvalue weighted by molar-refractivity contribution is 6.07. The van der Waals surface area contributed by atoms with Crippen molar-refractivity contribution in [2.45, 2.75) is 18.9 Å². The van der Waals surface area contributed by atoms with Gasteiger partial charge in [0.25, 0.3) is 5.91 Å². The summed E-state index contributed by atoms with van der Waals surface area (Å²) < 4.78 is 11.0. The molecule has 32 heavy (non-hydrogen) atoms. The number of carbonyl (C=O) groups excluding carboxylic acids is 1. The minimum Gasteiger partial charge on any atom is -0.381 e. The van der Waals surface area contributed by atoms with Gasteiger partial charge in [0.2, 0.25) is 0 Å². The Morgan fingerprint density at radius 1 is 1.03 bits per heavy atom. The summed E-state index contributed by atoms with van der Waals surface area (Å²) in [6, 6.07) is 23.2. The first-order valence-electron chi connectivity index (χ1n) is 10.9. The highest BCUT2D eigenvalue weighted by atomic mass is 16.5. The molecule has 6 nitrogen and oxygen atoms in total. The minimum absolute atomic E-state index is 0.166. The molecule has 0 spiro atoms. The Morgan fingerprint density at radius 3 is 2.50 bits per heavy atom. The maximum atomic E-state index is 12.9. The lowest BCUT2D eigenvalue weighted by Gasteiger charge is -2.33. The molecule has 2 heterocycles. The van der Waals surface area contributed by atoms with E-state index in [1.165, 1.54) is 0 Å². The summed E-state index contributed by atoms with van der Waals surface area (Å²) in [5, 5.41) is 7.93. The van der Waals surface area contributed by atoms with Crippen LogP contribution >= 0.6 is 0 Å². The number of carbonyl (C=O) groups is 1. The topological polar surface area (TPSA) is 67.6 Å². The van der Waals surface area contributed by atoms with Gasteiger partial charge in [0.15, 0.2) is 5.76 Å². The second kappa shape index (κ2) is 8.85. The summed E-state index contributed by atoms with van der Waals surface area (Å²) in [6.07, 6.45) is 2.42. The molecule has 0 saturated carbocycles. The van der Waals surface area contributed by atoms with Crippen molar-refractivity contribution in [3.8, 4) is 11.3 Å². The molecule has 0 atom stereocenters. The first-order valence-corrected chi connectivity index (χ1v) is 10.9. The van der Waals surface area contributed by atoms with Gasteiger partial charge in [-0.3, -0.25) is 4.79 Å². The first kappa shape index (κ1) is 20.3. The average Bonchev–Trinajstić information content (AvgIpc) is 3.28. The molecule has 6 heteroatoms. The number of aromatic nitrogens is 1. The van der Waals surface area contributed by atoms with Crippen molar-refractivity contribution in [3.05, 3.63) is 78.4 Å². The van der Waals surface area contributed by atoms with E-state index in [4.69, 9.17) is 9.26 Å². The van der Waals surface area contributed by atoms with Crippen molar-refractivity contribution < 1.29 is 14.1 Å². The van der Waals surface area contributed by atoms with Gasteiger partial charge < -0.3 is 19.5 Å². The normalized spacial score (nSPS) is 14.6. The van der Waals surface area contributed by atoms with E-state index in [0.717, 1.165) is 53.8 Å². The zero-order valence-corrected chi connectivity index (χ0v) is 18.0. The van der Waals surface area contributed by atoms with Gasteiger partial charge in [0.1, 0.15) is 5.52 Å². The Morgan fingerprint density at radius 2 is 1.78 bits per heavy atom. The third-order valence-corrected chi connectivity index (χ3v) is 6.04. The fraction of sp³-hybridized carbons (Fsp3) is 0.231. The second-order valence-electron chi connectivity index (χ2n) is 8.03. The highest BCUT2D eigenvalue weighted by Crippen LogP contribution is 2.29. The molecular weight excluding hydrogens is 402 g/mol. The number of piperidine rings is 1. The Balaban J connectivity index is 1.31. The van der Waals surface area contributed by atoms with Crippen molar-refractivity contribution >= 4 is 28.2 Å². The maximum absolute atomic E-state index is 12.9. The zero-order chi connectivity index (χ0) is 21.9. The molecule has 0 aliphatic carbocycles. The largest absolute Gasteiger partial charge is 0.381 e. The summed E-state index contributed by atoms with van der Waals surface area (Å²) in [4.78, 5) is 15.3. The van der Waals surface area contributed by atoms with E-state index in [1.54, 1.807) is 13.2 Å². The molecule has 1 N–H and O–H groups in total. The highest BCUT2D eigenvalue weighted by Gasteiger charge is 2.19. The van der Waals surface area contributed by atoms with Crippen LogP contribution in [0.2, 0.25) is 0 Å². The summed E-state index contributed by atoms with van der Waals surface area (Å²) in [6.45, 7) is 1.96. The van der Waals surface area contributed by atoms with Crippen molar-refractivity contribution in [2.75, 3.05) is 30.4 Å². The van der Waals surface area contributed by atoms with Crippen LogP contribution in [0.1, 0.15) is 23.2 Å². The van der Waals surface area contributed by atoms with Crippen molar-refractivity contribution in [3.63, 3.8) is 0 Å². The van der Waals surface area contributed by atoms with Gasteiger partial charge in [-0.2, -0.15) is 0 Å². The van der Waals surface area contributed by atoms with Gasteiger partial charge in [-0.1, -0.05) is 35.5 Å². The van der Waals surface area contributed by atoms with Crippen LogP contribution in [0.25, 0.3) is 22.2 Å². The predicted molar refractivity (Wildman–Crippen MR) is 126 cm³/mol. The molecule has 0 bridgehead atoms. The minimum atomic E-state index is -0.166. The first-order chi connectivity index (χ1) is 15.7. The Kier molecular flexibility index (Phi) is 5.60. The average molecular weight is 428 g/mol. The number of amides is 1. The van der Waals surface area contributed by atoms with E-state index >= 15 is 0 Å². The molecule has 1 aromatic heterocycles.